The number of carbonyl (C=O) groups is 1. The summed E-state index contributed by atoms with van der Waals surface area (Å²) in [6.45, 7) is 0.0339. The van der Waals surface area contributed by atoms with Gasteiger partial charge in [0.1, 0.15) is 0 Å². The first-order valence-electron chi connectivity index (χ1n) is 6.32. The van der Waals surface area contributed by atoms with Crippen molar-refractivity contribution in [3.63, 3.8) is 0 Å². The minimum Gasteiger partial charge on any atom is -0.350 e. The number of nitrogens with zero attached hydrogens (tertiary/aromatic N) is 1. The molecule has 9 heteroatoms. The predicted molar refractivity (Wildman–Crippen MR) is 76.5 cm³/mol. The number of amides is 2. The minimum atomic E-state index is -4.06. The number of hydrogen-bond acceptors (Lipinski definition) is 4. The van der Waals surface area contributed by atoms with Crippen molar-refractivity contribution in [3.05, 3.63) is 17.0 Å². The average molecular weight is 342 g/mol. The van der Waals surface area contributed by atoms with Gasteiger partial charge in [0, 0.05) is 11.3 Å². The summed E-state index contributed by atoms with van der Waals surface area (Å²) in [6, 6.07) is 2.72. The number of urea groups is 1. The number of hydrogen-bond donors (Lipinski definition) is 2. The fraction of sp³-hybridized carbons (Fsp3) is 0.583. The van der Waals surface area contributed by atoms with Crippen LogP contribution < -0.4 is 5.73 Å². The van der Waals surface area contributed by atoms with Crippen LogP contribution in [0, 0.1) is 0 Å². The maximum Gasteiger partial charge on any atom is 0.389 e. The van der Waals surface area contributed by atoms with E-state index in [2.05, 4.69) is 0 Å². The molecule has 0 radical (unpaired) electrons. The molecule has 0 saturated heterocycles. The number of alkyl halides is 3. The Hall–Kier alpha value is -0.930. The van der Waals surface area contributed by atoms with Gasteiger partial charge < -0.3 is 5.73 Å². The Kier molecular flexibility index (Phi) is 7.33. The van der Waals surface area contributed by atoms with Gasteiger partial charge in [0.2, 0.25) is 0 Å². The van der Waals surface area contributed by atoms with Crippen molar-refractivity contribution < 1.29 is 23.2 Å². The fourth-order valence-electron chi connectivity index (χ4n) is 1.52. The van der Waals surface area contributed by atoms with Crippen LogP contribution in [0.15, 0.2) is 16.3 Å². The van der Waals surface area contributed by atoms with Gasteiger partial charge in [-0.05, 0) is 30.7 Å². The molecule has 0 unspecified atom stereocenters. The van der Waals surface area contributed by atoms with Gasteiger partial charge in [0.15, 0.2) is 0 Å². The molecule has 4 nitrogen and oxygen atoms in total. The van der Waals surface area contributed by atoms with Gasteiger partial charge in [-0.1, -0.05) is 6.42 Å². The van der Waals surface area contributed by atoms with Gasteiger partial charge in [-0.25, -0.2) is 9.86 Å². The van der Waals surface area contributed by atoms with Gasteiger partial charge in [0.05, 0.1) is 10.8 Å². The molecule has 0 atom stereocenters. The molecule has 1 rings (SSSR count). The molecule has 0 bridgehead atoms. The molecule has 0 spiro atoms. The molecule has 1 heterocycles. The Morgan fingerprint density at radius 2 is 2.05 bits per heavy atom. The number of hydroxylamine groups is 2. The Morgan fingerprint density at radius 3 is 2.67 bits per heavy atom. The lowest BCUT2D eigenvalue weighted by Crippen LogP contribution is -2.31. The molecule has 0 saturated carbocycles. The average Bonchev–Trinajstić information content (AvgIpc) is 2.79. The van der Waals surface area contributed by atoms with Crippen molar-refractivity contribution in [1.82, 2.24) is 5.06 Å². The van der Waals surface area contributed by atoms with E-state index in [0.29, 0.717) is 11.5 Å². The summed E-state index contributed by atoms with van der Waals surface area (Å²) in [5.41, 5.74) is 4.90. The number of rotatable bonds is 8. The van der Waals surface area contributed by atoms with Crippen LogP contribution in [0.1, 0.15) is 30.6 Å². The van der Waals surface area contributed by atoms with Crippen LogP contribution in [0.25, 0.3) is 0 Å². The molecular weight excluding hydrogens is 325 g/mol. The van der Waals surface area contributed by atoms with Crippen LogP contribution in [0.4, 0.5) is 18.0 Å². The quantitative estimate of drug-likeness (QED) is 0.321. The SMILES string of the molecule is NC(=O)N(O)Cc1ccc(SCCCCCC(F)(F)F)s1. The summed E-state index contributed by atoms with van der Waals surface area (Å²) in [5.74, 6) is 0.746. The third-order valence-corrected chi connectivity index (χ3v) is 4.93. The van der Waals surface area contributed by atoms with E-state index in [4.69, 9.17) is 5.73 Å². The Morgan fingerprint density at radius 1 is 1.33 bits per heavy atom. The van der Waals surface area contributed by atoms with E-state index in [1.165, 1.54) is 11.3 Å². The lowest BCUT2D eigenvalue weighted by molar-refractivity contribution is -0.135. The predicted octanol–water partition coefficient (Wildman–Crippen LogP) is 4.23. The summed E-state index contributed by atoms with van der Waals surface area (Å²) in [6.07, 6.45) is -3.34. The van der Waals surface area contributed by atoms with Crippen LogP contribution in [0.2, 0.25) is 0 Å². The molecule has 21 heavy (non-hydrogen) atoms. The van der Waals surface area contributed by atoms with Crippen LogP contribution >= 0.6 is 23.1 Å². The Bertz CT molecular complexity index is 452. The monoisotopic (exact) mass is 342 g/mol. The number of carbonyl (C=O) groups excluding carboxylic acids is 1. The standard InChI is InChI=1S/C12H17F3N2O2S2/c13-12(14,15)6-2-1-3-7-20-10-5-4-9(21-10)8-17(19)11(16)18/h4-5,19H,1-3,6-8H2,(H2,16,18). The van der Waals surface area contributed by atoms with Crippen molar-refractivity contribution in [3.8, 4) is 0 Å². The number of primary amides is 1. The number of nitrogens with two attached hydrogens (primary N) is 1. The normalized spacial score (nSPS) is 11.6. The molecular formula is C12H17F3N2O2S2. The van der Waals surface area contributed by atoms with Gasteiger partial charge >= 0.3 is 12.2 Å². The number of halogens is 3. The molecule has 1 aromatic heterocycles. The van der Waals surface area contributed by atoms with Gasteiger partial charge in [-0.15, -0.1) is 23.1 Å². The highest BCUT2D eigenvalue weighted by Gasteiger charge is 2.25. The van der Waals surface area contributed by atoms with E-state index in [-0.39, 0.29) is 13.0 Å². The zero-order valence-corrected chi connectivity index (χ0v) is 12.9. The molecule has 0 aliphatic carbocycles. The second-order valence-electron chi connectivity index (χ2n) is 4.39. The summed E-state index contributed by atoms with van der Waals surface area (Å²) in [5, 5.41) is 9.62. The molecule has 1 aromatic rings. The van der Waals surface area contributed by atoms with Gasteiger partial charge in [0.25, 0.3) is 0 Å². The third-order valence-electron chi connectivity index (χ3n) is 2.55. The minimum absolute atomic E-state index is 0.0339. The second kappa shape index (κ2) is 8.50. The summed E-state index contributed by atoms with van der Waals surface area (Å²) in [4.78, 5) is 11.5. The highest BCUT2D eigenvalue weighted by atomic mass is 32.2. The van der Waals surface area contributed by atoms with Crippen LogP contribution in [0.5, 0.6) is 0 Å². The van der Waals surface area contributed by atoms with Gasteiger partial charge in [-0.3, -0.25) is 5.21 Å². The lowest BCUT2D eigenvalue weighted by atomic mass is 10.2. The van der Waals surface area contributed by atoms with E-state index in [0.717, 1.165) is 21.3 Å². The van der Waals surface area contributed by atoms with Gasteiger partial charge in [-0.2, -0.15) is 13.2 Å². The molecule has 3 N–H and O–H groups in total. The zero-order valence-electron chi connectivity index (χ0n) is 11.2. The summed E-state index contributed by atoms with van der Waals surface area (Å²) < 4.78 is 36.8. The molecule has 0 aromatic carbocycles. The van der Waals surface area contributed by atoms with Crippen molar-refractivity contribution in [1.29, 1.82) is 0 Å². The Balaban J connectivity index is 2.19. The van der Waals surface area contributed by atoms with E-state index >= 15 is 0 Å². The topological polar surface area (TPSA) is 66.6 Å². The first-order valence-corrected chi connectivity index (χ1v) is 8.12. The molecule has 0 aliphatic heterocycles. The fourth-order valence-corrected chi connectivity index (χ4v) is 3.76. The molecule has 2 amide bonds. The van der Waals surface area contributed by atoms with Crippen LogP contribution in [0.3, 0.4) is 0 Å². The first-order chi connectivity index (χ1) is 9.78. The lowest BCUT2D eigenvalue weighted by Gasteiger charge is -2.09. The van der Waals surface area contributed by atoms with E-state index < -0.39 is 18.6 Å². The maximum absolute atomic E-state index is 11.9. The van der Waals surface area contributed by atoms with Crippen molar-refractivity contribution in [2.24, 2.45) is 5.73 Å². The largest absolute Gasteiger partial charge is 0.389 e. The van der Waals surface area contributed by atoms with Crippen LogP contribution in [-0.4, -0.2) is 28.2 Å². The highest BCUT2D eigenvalue weighted by molar-refractivity contribution is 8.01. The first kappa shape index (κ1) is 18.1. The van der Waals surface area contributed by atoms with E-state index in [1.54, 1.807) is 17.8 Å². The van der Waals surface area contributed by atoms with Crippen molar-refractivity contribution in [2.45, 2.75) is 42.6 Å². The Labute approximate surface area is 129 Å². The van der Waals surface area contributed by atoms with E-state index in [1.807, 2.05) is 6.07 Å². The number of thioether (sulfide) groups is 1. The maximum atomic E-state index is 11.9. The number of unbranched alkanes of at least 4 members (excludes halogenated alkanes) is 2. The number of thiophene rings is 1. The van der Waals surface area contributed by atoms with Crippen LogP contribution in [-0.2, 0) is 6.54 Å². The second-order valence-corrected chi connectivity index (χ2v) is 6.95. The summed E-state index contributed by atoms with van der Waals surface area (Å²) in [7, 11) is 0. The van der Waals surface area contributed by atoms with Crippen molar-refractivity contribution >= 4 is 29.1 Å². The highest BCUT2D eigenvalue weighted by Crippen LogP contribution is 2.29. The molecule has 120 valence electrons. The smallest absolute Gasteiger partial charge is 0.350 e. The molecule has 0 fully saturated rings. The van der Waals surface area contributed by atoms with E-state index in [9.17, 15) is 23.2 Å². The zero-order chi connectivity index (χ0) is 15.9. The third kappa shape index (κ3) is 8.18. The summed E-state index contributed by atoms with van der Waals surface area (Å²) >= 11 is 2.98. The molecule has 0 aliphatic rings. The van der Waals surface area contributed by atoms with Crippen molar-refractivity contribution in [2.75, 3.05) is 5.75 Å².